The number of amides is 1. The monoisotopic (exact) mass is 401 g/mol. The second-order valence-electron chi connectivity index (χ2n) is 5.72. The molecule has 128 valence electrons. The van der Waals surface area contributed by atoms with Gasteiger partial charge in [-0.2, -0.15) is 5.10 Å². The van der Waals surface area contributed by atoms with E-state index in [1.165, 1.54) is 16.9 Å². The van der Waals surface area contributed by atoms with Gasteiger partial charge in [0.05, 0.1) is 23.5 Å². The van der Waals surface area contributed by atoms with Gasteiger partial charge in [-0.25, -0.2) is 9.07 Å². The van der Waals surface area contributed by atoms with Crippen molar-refractivity contribution in [1.82, 2.24) is 15.1 Å². The standard InChI is InChI=1S/C19H17BrFN3O/c1-12(14-7-3-4-8-16(14)20)23-19(25)15-11-22-24(13(15)2)18-10-6-5-9-17(18)21/h3-12H,1-2H3,(H,23,25). The number of hydrogen-bond donors (Lipinski definition) is 1. The molecule has 1 heterocycles. The maximum absolute atomic E-state index is 14.0. The van der Waals surface area contributed by atoms with E-state index in [2.05, 4.69) is 26.3 Å². The third-order valence-corrected chi connectivity index (χ3v) is 4.78. The lowest BCUT2D eigenvalue weighted by Gasteiger charge is -2.15. The van der Waals surface area contributed by atoms with Crippen LogP contribution in [0.5, 0.6) is 0 Å². The topological polar surface area (TPSA) is 46.9 Å². The fourth-order valence-corrected chi connectivity index (χ4v) is 3.31. The number of carbonyl (C=O) groups excluding carboxylic acids is 1. The van der Waals surface area contributed by atoms with E-state index >= 15 is 0 Å². The zero-order valence-electron chi connectivity index (χ0n) is 13.8. The molecule has 1 unspecified atom stereocenters. The lowest BCUT2D eigenvalue weighted by Crippen LogP contribution is -2.27. The van der Waals surface area contributed by atoms with Gasteiger partial charge in [0, 0.05) is 4.47 Å². The summed E-state index contributed by atoms with van der Waals surface area (Å²) in [6, 6.07) is 13.9. The Balaban J connectivity index is 1.85. The Morgan fingerprint density at radius 2 is 1.88 bits per heavy atom. The molecule has 0 aliphatic heterocycles. The highest BCUT2D eigenvalue weighted by Crippen LogP contribution is 2.23. The Morgan fingerprint density at radius 1 is 1.20 bits per heavy atom. The van der Waals surface area contributed by atoms with Crippen molar-refractivity contribution in [3.63, 3.8) is 0 Å². The third kappa shape index (κ3) is 3.49. The number of nitrogens with one attached hydrogen (secondary N) is 1. The number of para-hydroxylation sites is 1. The normalized spacial score (nSPS) is 12.0. The van der Waals surface area contributed by atoms with E-state index in [1.54, 1.807) is 25.1 Å². The first-order chi connectivity index (χ1) is 12.0. The molecule has 6 heteroatoms. The number of rotatable bonds is 4. The Labute approximate surface area is 153 Å². The molecule has 0 aliphatic rings. The summed E-state index contributed by atoms with van der Waals surface area (Å²) in [5.74, 6) is -0.634. The largest absolute Gasteiger partial charge is 0.345 e. The molecule has 3 aromatic rings. The Morgan fingerprint density at radius 3 is 2.60 bits per heavy atom. The molecule has 0 aliphatic carbocycles. The zero-order valence-corrected chi connectivity index (χ0v) is 15.4. The lowest BCUT2D eigenvalue weighted by atomic mass is 10.1. The maximum Gasteiger partial charge on any atom is 0.255 e. The first kappa shape index (κ1) is 17.4. The van der Waals surface area contributed by atoms with Crippen molar-refractivity contribution in [3.8, 4) is 5.69 Å². The molecule has 1 amide bonds. The van der Waals surface area contributed by atoms with E-state index in [1.807, 2.05) is 31.2 Å². The predicted molar refractivity (Wildman–Crippen MR) is 98.3 cm³/mol. The molecule has 1 aromatic heterocycles. The fraction of sp³-hybridized carbons (Fsp3) is 0.158. The summed E-state index contributed by atoms with van der Waals surface area (Å²) < 4.78 is 16.3. The molecule has 2 aromatic carbocycles. The molecule has 0 bridgehead atoms. The summed E-state index contributed by atoms with van der Waals surface area (Å²) in [4.78, 5) is 12.6. The first-order valence-corrected chi connectivity index (χ1v) is 8.63. The van der Waals surface area contributed by atoms with Crippen LogP contribution in [0.25, 0.3) is 5.69 Å². The zero-order chi connectivity index (χ0) is 18.0. The van der Waals surface area contributed by atoms with Gasteiger partial charge in [0.25, 0.3) is 5.91 Å². The second-order valence-corrected chi connectivity index (χ2v) is 6.58. The Bertz CT molecular complexity index is 923. The molecule has 0 spiro atoms. The highest BCUT2D eigenvalue weighted by atomic mass is 79.9. The second kappa shape index (κ2) is 7.19. The van der Waals surface area contributed by atoms with Crippen LogP contribution in [0, 0.1) is 12.7 Å². The minimum Gasteiger partial charge on any atom is -0.345 e. The molecule has 0 fully saturated rings. The third-order valence-electron chi connectivity index (χ3n) is 4.05. The fourth-order valence-electron chi connectivity index (χ4n) is 2.68. The summed E-state index contributed by atoms with van der Waals surface area (Å²) >= 11 is 3.49. The lowest BCUT2D eigenvalue weighted by molar-refractivity contribution is 0.0939. The van der Waals surface area contributed by atoms with Gasteiger partial charge in [0.1, 0.15) is 11.5 Å². The summed E-state index contributed by atoms with van der Waals surface area (Å²) in [6.07, 6.45) is 1.46. The summed E-state index contributed by atoms with van der Waals surface area (Å²) in [7, 11) is 0. The van der Waals surface area contributed by atoms with Crippen LogP contribution >= 0.6 is 15.9 Å². The van der Waals surface area contributed by atoms with Crippen molar-refractivity contribution in [1.29, 1.82) is 0 Å². The van der Waals surface area contributed by atoms with Crippen LogP contribution in [0.4, 0.5) is 4.39 Å². The molecule has 0 radical (unpaired) electrons. The molecule has 0 saturated heterocycles. The van der Waals surface area contributed by atoms with Gasteiger partial charge >= 0.3 is 0 Å². The molecule has 0 saturated carbocycles. The minimum atomic E-state index is -0.387. The average Bonchev–Trinajstić information content (AvgIpc) is 2.97. The summed E-state index contributed by atoms with van der Waals surface area (Å²) in [5.41, 5.74) is 2.30. The number of nitrogens with zero attached hydrogens (tertiary/aromatic N) is 2. The SMILES string of the molecule is Cc1c(C(=O)NC(C)c2ccccc2Br)cnn1-c1ccccc1F. The van der Waals surface area contributed by atoms with Crippen LogP contribution in [0.1, 0.15) is 34.6 Å². The van der Waals surface area contributed by atoms with E-state index in [0.29, 0.717) is 16.9 Å². The highest BCUT2D eigenvalue weighted by molar-refractivity contribution is 9.10. The van der Waals surface area contributed by atoms with Crippen molar-refractivity contribution in [3.05, 3.63) is 81.8 Å². The number of carbonyl (C=O) groups is 1. The van der Waals surface area contributed by atoms with Crippen molar-refractivity contribution >= 4 is 21.8 Å². The summed E-state index contributed by atoms with van der Waals surface area (Å²) in [6.45, 7) is 3.66. The van der Waals surface area contributed by atoms with Gasteiger partial charge in [-0.05, 0) is 37.6 Å². The van der Waals surface area contributed by atoms with Gasteiger partial charge in [0.2, 0.25) is 0 Å². The molecule has 1 atom stereocenters. The van der Waals surface area contributed by atoms with Crippen molar-refractivity contribution < 1.29 is 9.18 Å². The van der Waals surface area contributed by atoms with Crippen molar-refractivity contribution in [2.75, 3.05) is 0 Å². The Kier molecular flexibility index (Phi) is 4.99. The van der Waals surface area contributed by atoms with Crippen molar-refractivity contribution in [2.45, 2.75) is 19.9 Å². The number of halogens is 2. The van der Waals surface area contributed by atoms with E-state index in [4.69, 9.17) is 0 Å². The molecule has 1 N–H and O–H groups in total. The minimum absolute atomic E-state index is 0.181. The highest BCUT2D eigenvalue weighted by Gasteiger charge is 2.19. The summed E-state index contributed by atoms with van der Waals surface area (Å²) in [5, 5.41) is 7.13. The molecular formula is C19H17BrFN3O. The maximum atomic E-state index is 14.0. The van der Waals surface area contributed by atoms with Gasteiger partial charge < -0.3 is 5.32 Å². The van der Waals surface area contributed by atoms with Crippen LogP contribution in [0.2, 0.25) is 0 Å². The van der Waals surface area contributed by atoms with Crippen LogP contribution in [0.15, 0.2) is 59.2 Å². The van der Waals surface area contributed by atoms with Crippen LogP contribution < -0.4 is 5.32 Å². The molecule has 4 nitrogen and oxygen atoms in total. The van der Waals surface area contributed by atoms with E-state index in [-0.39, 0.29) is 17.8 Å². The van der Waals surface area contributed by atoms with Crippen LogP contribution in [-0.2, 0) is 0 Å². The number of hydrogen-bond acceptors (Lipinski definition) is 2. The first-order valence-electron chi connectivity index (χ1n) is 7.84. The number of aromatic nitrogens is 2. The van der Waals surface area contributed by atoms with E-state index in [0.717, 1.165) is 10.0 Å². The van der Waals surface area contributed by atoms with Gasteiger partial charge in [-0.3, -0.25) is 4.79 Å². The van der Waals surface area contributed by atoms with Crippen LogP contribution in [-0.4, -0.2) is 15.7 Å². The van der Waals surface area contributed by atoms with E-state index < -0.39 is 0 Å². The molecule has 25 heavy (non-hydrogen) atoms. The smallest absolute Gasteiger partial charge is 0.255 e. The quantitative estimate of drug-likeness (QED) is 0.695. The average molecular weight is 402 g/mol. The van der Waals surface area contributed by atoms with Gasteiger partial charge in [0.15, 0.2) is 0 Å². The van der Waals surface area contributed by atoms with Crippen molar-refractivity contribution in [2.24, 2.45) is 0 Å². The molecule has 3 rings (SSSR count). The van der Waals surface area contributed by atoms with Crippen LogP contribution in [0.3, 0.4) is 0 Å². The van der Waals surface area contributed by atoms with E-state index in [9.17, 15) is 9.18 Å². The Hall–Kier alpha value is -2.47. The predicted octanol–water partition coefficient (Wildman–Crippen LogP) is 4.57. The molecular weight excluding hydrogens is 385 g/mol. The van der Waals surface area contributed by atoms with Gasteiger partial charge in [-0.15, -0.1) is 0 Å². The van der Waals surface area contributed by atoms with Gasteiger partial charge in [-0.1, -0.05) is 46.3 Å². The number of benzene rings is 2.